The maximum atomic E-state index is 10.2. The van der Waals surface area contributed by atoms with Crippen LogP contribution in [0.15, 0.2) is 0 Å². The molecule has 0 amide bonds. The molecule has 0 aliphatic heterocycles. The number of thioether (sulfide) groups is 1. The molecule has 11 heavy (non-hydrogen) atoms. The van der Waals surface area contributed by atoms with Crippen molar-refractivity contribution in [1.29, 1.82) is 0 Å². The number of ether oxygens (including phenoxy) is 1. The average Bonchev–Trinajstić information content (AvgIpc) is 1.97. The monoisotopic (exact) mass is 179 g/mol. The van der Waals surface area contributed by atoms with Gasteiger partial charge in [-0.2, -0.15) is 0 Å². The highest BCUT2D eigenvalue weighted by molar-refractivity contribution is 7.99. The summed E-state index contributed by atoms with van der Waals surface area (Å²) in [5.41, 5.74) is 5.22. The van der Waals surface area contributed by atoms with Crippen molar-refractivity contribution in [1.82, 2.24) is 0 Å². The molecule has 0 bridgehead atoms. The minimum absolute atomic E-state index is 0.398. The summed E-state index contributed by atoms with van der Waals surface area (Å²) in [7, 11) is 0. The Kier molecular flexibility index (Phi) is 6.30. The third kappa shape index (κ3) is 6.15. The second-order valence-electron chi connectivity index (χ2n) is 1.93. The third-order valence-electron chi connectivity index (χ3n) is 0.985. The lowest BCUT2D eigenvalue weighted by Crippen LogP contribution is -2.32. The summed E-state index contributed by atoms with van der Waals surface area (Å²) in [6.45, 7) is 2.53. The van der Waals surface area contributed by atoms with Crippen molar-refractivity contribution >= 4 is 17.7 Å². The van der Waals surface area contributed by atoms with Crippen LogP contribution in [-0.4, -0.2) is 35.4 Å². The number of carbonyl (C=O) groups is 1. The summed E-state index contributed by atoms with van der Waals surface area (Å²) < 4.78 is 4.98. The van der Waals surface area contributed by atoms with E-state index in [1.54, 1.807) is 0 Å². The van der Waals surface area contributed by atoms with Gasteiger partial charge in [-0.25, -0.2) is 0 Å². The molecular formula is C6H13NO3S. The minimum atomic E-state index is -0.964. The number of carboxylic acids is 1. The summed E-state index contributed by atoms with van der Waals surface area (Å²) in [6, 6.07) is -0.777. The molecule has 4 nitrogen and oxygen atoms in total. The van der Waals surface area contributed by atoms with Gasteiger partial charge >= 0.3 is 5.97 Å². The first-order valence-electron chi connectivity index (χ1n) is 3.32. The fraction of sp³-hybridized carbons (Fsp3) is 0.833. The zero-order chi connectivity index (χ0) is 8.69. The van der Waals surface area contributed by atoms with E-state index in [2.05, 4.69) is 0 Å². The summed E-state index contributed by atoms with van der Waals surface area (Å²) >= 11 is 1.39. The van der Waals surface area contributed by atoms with E-state index >= 15 is 0 Å². The zero-order valence-corrected chi connectivity index (χ0v) is 7.26. The number of aliphatic carboxylic acids is 1. The molecule has 0 aromatic heterocycles. The van der Waals surface area contributed by atoms with Crippen LogP contribution in [0.25, 0.3) is 0 Å². The van der Waals surface area contributed by atoms with Gasteiger partial charge in [0.15, 0.2) is 0 Å². The number of hydrogen-bond acceptors (Lipinski definition) is 4. The largest absolute Gasteiger partial charge is 0.480 e. The SMILES string of the molecule is CCOCSC[C@@H](N)C(=O)O. The Hall–Kier alpha value is -0.260. The van der Waals surface area contributed by atoms with Crippen molar-refractivity contribution in [3.8, 4) is 0 Å². The molecule has 0 saturated carbocycles. The van der Waals surface area contributed by atoms with Crippen LogP contribution in [0.4, 0.5) is 0 Å². The van der Waals surface area contributed by atoms with Crippen LogP contribution in [0.3, 0.4) is 0 Å². The van der Waals surface area contributed by atoms with Crippen molar-refractivity contribution in [2.75, 3.05) is 18.3 Å². The third-order valence-corrected chi connectivity index (χ3v) is 1.91. The van der Waals surface area contributed by atoms with Crippen LogP contribution < -0.4 is 5.73 Å². The van der Waals surface area contributed by atoms with Gasteiger partial charge in [0, 0.05) is 12.4 Å². The topological polar surface area (TPSA) is 72.5 Å². The van der Waals surface area contributed by atoms with E-state index in [0.717, 1.165) is 0 Å². The van der Waals surface area contributed by atoms with Crippen LogP contribution in [0.5, 0.6) is 0 Å². The molecule has 0 saturated heterocycles. The summed E-state index contributed by atoms with van der Waals surface area (Å²) in [4.78, 5) is 10.2. The van der Waals surface area contributed by atoms with E-state index in [-0.39, 0.29) is 0 Å². The van der Waals surface area contributed by atoms with E-state index in [9.17, 15) is 4.79 Å². The van der Waals surface area contributed by atoms with Crippen molar-refractivity contribution in [3.05, 3.63) is 0 Å². The van der Waals surface area contributed by atoms with E-state index in [1.165, 1.54) is 11.8 Å². The normalized spacial score (nSPS) is 12.9. The molecule has 0 spiro atoms. The van der Waals surface area contributed by atoms with Gasteiger partial charge in [0.2, 0.25) is 0 Å². The molecule has 0 aromatic rings. The summed E-state index contributed by atoms with van der Waals surface area (Å²) in [5.74, 6) is -0.0544. The van der Waals surface area contributed by atoms with Crippen molar-refractivity contribution in [2.45, 2.75) is 13.0 Å². The van der Waals surface area contributed by atoms with E-state index in [1.807, 2.05) is 6.92 Å². The highest BCUT2D eigenvalue weighted by Crippen LogP contribution is 2.01. The molecule has 0 unspecified atom stereocenters. The first kappa shape index (κ1) is 10.7. The predicted molar refractivity (Wildman–Crippen MR) is 44.6 cm³/mol. The first-order valence-corrected chi connectivity index (χ1v) is 4.47. The molecule has 0 aliphatic carbocycles. The lowest BCUT2D eigenvalue weighted by atomic mass is 10.4. The summed E-state index contributed by atoms with van der Waals surface area (Å²) in [5, 5.41) is 8.36. The molecule has 0 fully saturated rings. The number of carboxylic acid groups (broad SMARTS) is 1. The van der Waals surface area contributed by atoms with Crippen molar-refractivity contribution in [3.63, 3.8) is 0 Å². The Morgan fingerprint density at radius 2 is 2.45 bits per heavy atom. The highest BCUT2D eigenvalue weighted by Gasteiger charge is 2.09. The second-order valence-corrected chi connectivity index (χ2v) is 2.90. The van der Waals surface area contributed by atoms with Crippen LogP contribution in [0.2, 0.25) is 0 Å². The van der Waals surface area contributed by atoms with Crippen molar-refractivity contribution < 1.29 is 14.6 Å². The molecule has 0 heterocycles. The van der Waals surface area contributed by atoms with Gasteiger partial charge in [-0.05, 0) is 6.92 Å². The number of hydrogen-bond donors (Lipinski definition) is 2. The number of rotatable bonds is 6. The molecule has 5 heteroatoms. The molecule has 1 atom stereocenters. The first-order chi connectivity index (χ1) is 5.18. The Morgan fingerprint density at radius 1 is 1.82 bits per heavy atom. The molecule has 0 radical (unpaired) electrons. The van der Waals surface area contributed by atoms with Gasteiger partial charge in [0.1, 0.15) is 6.04 Å². The fourth-order valence-corrected chi connectivity index (χ4v) is 1.17. The smallest absolute Gasteiger partial charge is 0.321 e. The Balaban J connectivity index is 3.17. The summed E-state index contributed by atoms with van der Waals surface area (Å²) in [6.07, 6.45) is 0. The Morgan fingerprint density at radius 3 is 2.91 bits per heavy atom. The van der Waals surface area contributed by atoms with E-state index < -0.39 is 12.0 Å². The molecule has 66 valence electrons. The molecular weight excluding hydrogens is 166 g/mol. The zero-order valence-electron chi connectivity index (χ0n) is 6.45. The predicted octanol–water partition coefficient (Wildman–Crippen LogP) is 0.126. The number of nitrogens with two attached hydrogens (primary N) is 1. The molecule has 0 rings (SSSR count). The van der Waals surface area contributed by atoms with Gasteiger partial charge < -0.3 is 15.6 Å². The van der Waals surface area contributed by atoms with Crippen LogP contribution >= 0.6 is 11.8 Å². The fourth-order valence-electron chi connectivity index (χ4n) is 0.389. The van der Waals surface area contributed by atoms with Crippen LogP contribution in [-0.2, 0) is 9.53 Å². The lowest BCUT2D eigenvalue weighted by molar-refractivity contribution is -0.137. The molecule has 0 aromatic carbocycles. The van der Waals surface area contributed by atoms with Crippen LogP contribution in [0.1, 0.15) is 6.92 Å². The Bertz CT molecular complexity index is 120. The minimum Gasteiger partial charge on any atom is -0.480 e. The van der Waals surface area contributed by atoms with Gasteiger partial charge in [0.25, 0.3) is 0 Å². The Labute approximate surface area is 70.1 Å². The second kappa shape index (κ2) is 6.45. The van der Waals surface area contributed by atoms with Gasteiger partial charge in [-0.15, -0.1) is 11.8 Å². The standard InChI is InChI=1S/C6H13NO3S/c1-2-10-4-11-3-5(7)6(8)9/h5H,2-4,7H2,1H3,(H,8,9)/t5-/m1/s1. The lowest BCUT2D eigenvalue weighted by Gasteiger charge is -2.04. The van der Waals surface area contributed by atoms with Gasteiger partial charge in [-0.3, -0.25) is 4.79 Å². The highest BCUT2D eigenvalue weighted by atomic mass is 32.2. The maximum Gasteiger partial charge on any atom is 0.321 e. The quantitative estimate of drug-likeness (QED) is 0.448. The maximum absolute atomic E-state index is 10.2. The molecule has 3 N–H and O–H groups in total. The van der Waals surface area contributed by atoms with Gasteiger partial charge in [-0.1, -0.05) is 0 Å². The van der Waals surface area contributed by atoms with E-state index in [4.69, 9.17) is 15.6 Å². The van der Waals surface area contributed by atoms with E-state index in [0.29, 0.717) is 18.3 Å². The van der Waals surface area contributed by atoms with Crippen LogP contribution in [0, 0.1) is 0 Å². The van der Waals surface area contributed by atoms with Gasteiger partial charge in [0.05, 0.1) is 5.94 Å². The molecule has 0 aliphatic rings. The van der Waals surface area contributed by atoms with Crippen molar-refractivity contribution in [2.24, 2.45) is 5.73 Å². The average molecular weight is 179 g/mol.